The van der Waals surface area contributed by atoms with E-state index in [1.807, 2.05) is 0 Å². The number of hydrogen-bond acceptors (Lipinski definition) is 12. The van der Waals surface area contributed by atoms with Crippen molar-refractivity contribution in [1.82, 2.24) is 0 Å². The van der Waals surface area contributed by atoms with Gasteiger partial charge >= 0.3 is 71.7 Å². The summed E-state index contributed by atoms with van der Waals surface area (Å²) in [7, 11) is 0. The summed E-state index contributed by atoms with van der Waals surface area (Å²) < 4.78 is 19.6. The van der Waals surface area contributed by atoms with Gasteiger partial charge in [0.25, 0.3) is 0 Å². The minimum atomic E-state index is -0.134. The Morgan fingerprint density at radius 1 is 0.272 bits per heavy atom. The third-order valence-corrected chi connectivity index (χ3v) is 12.7. The fraction of sp³-hybridized carbons (Fsp3) is 0.818. The van der Waals surface area contributed by atoms with Gasteiger partial charge in [0.2, 0.25) is 0 Å². The van der Waals surface area contributed by atoms with Gasteiger partial charge < -0.3 is 69.5 Å². The second-order valence-electron chi connectivity index (χ2n) is 19.4. The number of allylic oxidation sites excluding steroid dienone is 8. The van der Waals surface area contributed by atoms with Crippen LogP contribution in [0.5, 0.6) is 0 Å². The van der Waals surface area contributed by atoms with E-state index in [0.29, 0.717) is 75.1 Å². The smallest absolute Gasteiger partial charge is 0.789 e. The van der Waals surface area contributed by atoms with Crippen molar-refractivity contribution in [2.24, 2.45) is 0 Å². The van der Waals surface area contributed by atoms with Gasteiger partial charge in [-0.3, -0.25) is 19.2 Å². The second kappa shape index (κ2) is 96.5. The molecule has 0 aromatic rings. The molecule has 0 unspecified atom stereocenters. The number of carbonyl (C=O) groups excluding carboxylic acids is 4. The van der Waals surface area contributed by atoms with Crippen LogP contribution in [0.3, 0.4) is 0 Å². The molecule has 0 amide bonds. The zero-order valence-corrected chi connectivity index (χ0v) is 60.9. The average Bonchev–Trinajstić information content (AvgIpc) is 3.42. The molecule has 0 fully saturated rings. The van der Waals surface area contributed by atoms with Gasteiger partial charge in [0.1, 0.15) is 0 Å². The Bertz CT molecular complexity index is 1120. The van der Waals surface area contributed by atoms with E-state index in [9.17, 15) is 19.2 Å². The van der Waals surface area contributed by atoms with Crippen LogP contribution in [0.25, 0.3) is 0 Å². The minimum absolute atomic E-state index is 0. The maximum absolute atomic E-state index is 11.2. The van der Waals surface area contributed by atoms with E-state index in [4.69, 9.17) is 69.5 Å². The predicted molar refractivity (Wildman–Crippen MR) is 372 cm³/mol. The first-order valence-corrected chi connectivity index (χ1v) is 33.1. The zero-order chi connectivity index (χ0) is 56.7. The van der Waals surface area contributed by atoms with Gasteiger partial charge in [0.15, 0.2) is 0 Å². The quantitative estimate of drug-likeness (QED) is 0.0145. The number of esters is 4. The van der Waals surface area contributed by atoms with Crippen LogP contribution in [0, 0.1) is 0 Å². The third-order valence-electron chi connectivity index (χ3n) is 12.0. The molecule has 0 aliphatic rings. The van der Waals surface area contributed by atoms with Gasteiger partial charge in [-0.05, 0) is 77.0 Å². The summed E-state index contributed by atoms with van der Waals surface area (Å²) in [4.78, 5) is 44.6. The Balaban J connectivity index is -0.000000119. The monoisotopic (exact) mass is 1450 g/mol. The molecule has 81 heavy (non-hydrogen) atoms. The molecular weight excluding hydrogens is 1320 g/mol. The van der Waals surface area contributed by atoms with Crippen molar-refractivity contribution in [3.63, 3.8) is 0 Å². The molecule has 0 atom stereocenters. The molecule has 0 aromatic carbocycles. The fourth-order valence-electron chi connectivity index (χ4n) is 7.54. The maximum atomic E-state index is 11.2. The maximum Gasteiger partial charge on any atom is 2.00 e. The van der Waals surface area contributed by atoms with Crippen LogP contribution in [-0.4, -0.2) is 121 Å². The van der Waals surface area contributed by atoms with Crippen LogP contribution in [0.2, 0.25) is 0 Å². The summed E-state index contributed by atoms with van der Waals surface area (Å²) in [5.74, 6) is 1.41. The van der Waals surface area contributed by atoms with Gasteiger partial charge in [-0.15, -0.1) is 23.0 Å². The molecule has 0 heterocycles. The summed E-state index contributed by atoms with van der Waals surface area (Å²) >= 11 is 18.8. The van der Waals surface area contributed by atoms with Crippen molar-refractivity contribution in [3.05, 3.63) is 48.6 Å². The molecule has 0 aliphatic heterocycles. The molecule has 4 radical (unpaired) electrons. The molecular formula is C66H126O8S5Sn2. The number of carbonyl (C=O) groups is 4. The molecule has 15 heteroatoms. The number of hydrogen-bond donors (Lipinski definition) is 0. The molecule has 0 bridgehead atoms. The molecule has 0 spiro atoms. The Morgan fingerprint density at radius 2 is 0.420 bits per heavy atom. The van der Waals surface area contributed by atoms with E-state index in [0.717, 1.165) is 51.4 Å². The molecule has 0 N–H and O–H groups in total. The van der Waals surface area contributed by atoms with Gasteiger partial charge in [0, 0.05) is 25.7 Å². The Kier molecular flexibility index (Phi) is 119. The number of ether oxygens (including phenoxy) is 4. The summed E-state index contributed by atoms with van der Waals surface area (Å²) in [6.07, 6.45) is 64.4. The van der Waals surface area contributed by atoms with E-state index >= 15 is 0 Å². The van der Waals surface area contributed by atoms with E-state index in [-0.39, 0.29) is 100 Å². The molecule has 0 saturated carbocycles. The molecule has 0 aromatic heterocycles. The van der Waals surface area contributed by atoms with Crippen molar-refractivity contribution in [2.75, 3.05) is 49.4 Å². The number of unbranched alkanes of at least 4 members (excludes halogenated alkanes) is 28. The molecule has 0 rings (SSSR count). The van der Waals surface area contributed by atoms with Crippen LogP contribution in [-0.2, 0) is 88.6 Å². The predicted octanol–water partition coefficient (Wildman–Crippen LogP) is 18.8. The first-order chi connectivity index (χ1) is 37.2. The van der Waals surface area contributed by atoms with Crippen LogP contribution in [0.1, 0.15) is 299 Å². The van der Waals surface area contributed by atoms with Crippen LogP contribution < -0.4 is 0 Å². The summed E-state index contributed by atoms with van der Waals surface area (Å²) in [6.45, 7) is 10.5. The standard InChI is InChI=1S/4C16H30O2S.2CH4.H2S.2Sn/c4*1-2-3-4-5-6-7-8-9-10-11-12-13-16(17)18-14-15-19;;;;;/h4*10-11,19H,2-9,12-15H2,1H3;2*1H4;1H2;;/q;;;;;;;2*+2/p-4/b4*11-10+;;;;;. The normalized spacial score (nSPS) is 10.4. The van der Waals surface area contributed by atoms with Gasteiger partial charge in [0.05, 0.1) is 26.4 Å². The van der Waals surface area contributed by atoms with Crippen LogP contribution in [0.15, 0.2) is 48.6 Å². The van der Waals surface area contributed by atoms with Crippen molar-refractivity contribution >= 4 is 136 Å². The van der Waals surface area contributed by atoms with Gasteiger partial charge in [-0.1, -0.05) is 245 Å². The molecule has 476 valence electrons. The summed E-state index contributed by atoms with van der Waals surface area (Å²) in [5, 5.41) is 0. The van der Waals surface area contributed by atoms with E-state index < -0.39 is 0 Å². The SMILES string of the molecule is C.C.CCCCCCCCC/C=C/CCC(=O)OCC[S-].CCCCCCCCC/C=C/CCC(=O)OCC[S-].CCCCCCCCC/C=C/CCC(=O)OCC[S-].CCCCCCCCC/C=C/CCC(=O)OCC[S-].S.[Sn+2].[Sn+2]. The molecule has 0 aliphatic carbocycles. The average molecular weight is 1450 g/mol. The van der Waals surface area contributed by atoms with E-state index in [2.05, 4.69) is 76.3 Å². The van der Waals surface area contributed by atoms with E-state index in [1.54, 1.807) is 0 Å². The summed E-state index contributed by atoms with van der Waals surface area (Å²) in [6, 6.07) is 0. The number of rotatable bonds is 52. The van der Waals surface area contributed by atoms with Crippen molar-refractivity contribution < 1.29 is 38.1 Å². The summed E-state index contributed by atoms with van der Waals surface area (Å²) in [5.41, 5.74) is 0. The fourth-order valence-corrected chi connectivity index (χ4v) is 7.87. The van der Waals surface area contributed by atoms with Gasteiger partial charge in [-0.2, -0.15) is 13.5 Å². The first-order valence-electron chi connectivity index (χ1n) is 30.8. The van der Waals surface area contributed by atoms with Crippen molar-refractivity contribution in [3.8, 4) is 0 Å². The third kappa shape index (κ3) is 105. The Hall–Kier alpha value is 0.187. The van der Waals surface area contributed by atoms with Crippen LogP contribution in [0.4, 0.5) is 0 Å². The van der Waals surface area contributed by atoms with Gasteiger partial charge in [-0.25, -0.2) is 0 Å². The first kappa shape index (κ1) is 100. The topological polar surface area (TPSA) is 105 Å². The van der Waals surface area contributed by atoms with E-state index in [1.165, 1.54) is 180 Å². The zero-order valence-electron chi connectivity index (χ0n) is 51.0. The Morgan fingerprint density at radius 3 is 0.580 bits per heavy atom. The molecule has 0 saturated heterocycles. The molecule has 8 nitrogen and oxygen atoms in total. The van der Waals surface area contributed by atoms with Crippen molar-refractivity contribution in [1.29, 1.82) is 0 Å². The minimum Gasteiger partial charge on any atom is -0.789 e. The van der Waals surface area contributed by atoms with Crippen LogP contribution >= 0.6 is 13.5 Å². The largest absolute Gasteiger partial charge is 2.00 e. The Labute approximate surface area is 566 Å². The second-order valence-corrected chi connectivity index (χ2v) is 21.0. The van der Waals surface area contributed by atoms with Crippen molar-refractivity contribution in [2.45, 2.75) is 299 Å².